The average Bonchev–Trinajstić information content (AvgIpc) is 2.88. The fourth-order valence-corrected chi connectivity index (χ4v) is 4.63. The van der Waals surface area contributed by atoms with E-state index >= 15 is 0 Å². The largest absolute Gasteiger partial charge is 0.381 e. The maximum atomic E-state index is 13.2. The molecule has 1 spiro atoms. The van der Waals surface area contributed by atoms with Gasteiger partial charge >= 0.3 is 0 Å². The topological polar surface area (TPSA) is 55.4 Å². The fraction of sp³-hybridized carbons (Fsp3) is 0.300. The molecule has 140 valence electrons. The highest BCUT2D eigenvalue weighted by atomic mass is 35.5. The Balaban J connectivity index is 1.79. The summed E-state index contributed by atoms with van der Waals surface area (Å²) in [4.78, 5) is 26.0. The summed E-state index contributed by atoms with van der Waals surface area (Å²) in [5.41, 5.74) is 0.995. The maximum Gasteiger partial charge on any atom is 0.236 e. The molecule has 2 aromatic rings. The van der Waals surface area contributed by atoms with E-state index in [9.17, 15) is 9.59 Å². The van der Waals surface area contributed by atoms with Crippen molar-refractivity contribution in [3.8, 4) is 11.1 Å². The monoisotopic (exact) mass is 423 g/mol. The molecule has 2 aliphatic rings. The van der Waals surface area contributed by atoms with Crippen molar-refractivity contribution < 1.29 is 14.3 Å². The zero-order chi connectivity index (χ0) is 19.2. The third-order valence-corrected chi connectivity index (χ3v) is 6.26. The number of carbonyl (C=O) groups excluding carboxylic acids is 2. The molecule has 4 rings (SSSR count). The summed E-state index contributed by atoms with van der Waals surface area (Å²) < 4.78 is 5.35. The minimum atomic E-state index is -1.02. The Morgan fingerprint density at radius 2 is 1.63 bits per heavy atom. The molecule has 0 aliphatic carbocycles. The highest BCUT2D eigenvalue weighted by Crippen LogP contribution is 2.44. The zero-order valence-electron chi connectivity index (χ0n) is 14.2. The van der Waals surface area contributed by atoms with Gasteiger partial charge in [0.25, 0.3) is 0 Å². The van der Waals surface area contributed by atoms with Crippen LogP contribution in [0.1, 0.15) is 24.3 Å². The number of amides is 1. The van der Waals surface area contributed by atoms with Crippen LogP contribution >= 0.6 is 34.8 Å². The van der Waals surface area contributed by atoms with Gasteiger partial charge in [-0.25, -0.2) is 0 Å². The Morgan fingerprint density at radius 3 is 2.30 bits per heavy atom. The molecule has 1 atom stereocenters. The minimum Gasteiger partial charge on any atom is -0.381 e. The first-order valence-corrected chi connectivity index (χ1v) is 9.74. The molecule has 0 radical (unpaired) electrons. The van der Waals surface area contributed by atoms with E-state index in [-0.39, 0.29) is 11.7 Å². The lowest BCUT2D eigenvalue weighted by Gasteiger charge is -2.31. The molecule has 1 N–H and O–H groups in total. The molecule has 2 heterocycles. The van der Waals surface area contributed by atoms with Crippen molar-refractivity contribution in [1.29, 1.82) is 0 Å². The van der Waals surface area contributed by atoms with Gasteiger partial charge in [0.15, 0.2) is 5.78 Å². The Hall–Kier alpha value is -1.59. The molecule has 1 unspecified atom stereocenters. The smallest absolute Gasteiger partial charge is 0.236 e. The van der Waals surface area contributed by atoms with E-state index in [0.29, 0.717) is 52.3 Å². The van der Waals surface area contributed by atoms with E-state index in [1.165, 1.54) is 0 Å². The number of rotatable bonds is 2. The first kappa shape index (κ1) is 18.8. The molecule has 2 aliphatic heterocycles. The highest BCUT2D eigenvalue weighted by molar-refractivity contribution is 6.39. The number of halogens is 3. The van der Waals surface area contributed by atoms with Crippen LogP contribution in [0.4, 0.5) is 0 Å². The van der Waals surface area contributed by atoms with E-state index in [4.69, 9.17) is 39.5 Å². The fourth-order valence-electron chi connectivity index (χ4n) is 3.80. The first-order valence-electron chi connectivity index (χ1n) is 8.61. The number of benzene rings is 2. The second-order valence-electron chi connectivity index (χ2n) is 6.81. The Bertz CT molecular complexity index is 921. The molecule has 7 heteroatoms. The molecular weight excluding hydrogens is 409 g/mol. The number of ether oxygens (including phenoxy) is 1. The Labute approximate surface area is 171 Å². The van der Waals surface area contributed by atoms with E-state index in [2.05, 4.69) is 5.32 Å². The molecule has 1 amide bonds. The van der Waals surface area contributed by atoms with Gasteiger partial charge < -0.3 is 10.1 Å². The third-order valence-electron chi connectivity index (χ3n) is 5.28. The van der Waals surface area contributed by atoms with Gasteiger partial charge in [0.1, 0.15) is 11.5 Å². The van der Waals surface area contributed by atoms with Gasteiger partial charge in [0, 0.05) is 47.2 Å². The van der Waals surface area contributed by atoms with Crippen molar-refractivity contribution in [2.45, 2.75) is 24.3 Å². The van der Waals surface area contributed by atoms with Gasteiger partial charge in [-0.3, -0.25) is 9.59 Å². The number of hydrogen-bond acceptors (Lipinski definition) is 3. The second-order valence-corrected chi connectivity index (χ2v) is 8.03. The summed E-state index contributed by atoms with van der Waals surface area (Å²) in [7, 11) is 0. The average molecular weight is 425 g/mol. The van der Waals surface area contributed by atoms with E-state index in [1.807, 2.05) is 12.1 Å². The zero-order valence-corrected chi connectivity index (χ0v) is 16.5. The van der Waals surface area contributed by atoms with Crippen LogP contribution in [0.15, 0.2) is 36.4 Å². The summed E-state index contributed by atoms with van der Waals surface area (Å²) in [6.45, 7) is 0.871. The predicted molar refractivity (Wildman–Crippen MR) is 106 cm³/mol. The number of ketones is 1. The Morgan fingerprint density at radius 1 is 0.963 bits per heavy atom. The van der Waals surface area contributed by atoms with Crippen molar-refractivity contribution in [2.75, 3.05) is 13.2 Å². The van der Waals surface area contributed by atoms with Gasteiger partial charge in [-0.15, -0.1) is 0 Å². The lowest BCUT2D eigenvalue weighted by molar-refractivity contribution is -0.127. The van der Waals surface area contributed by atoms with Gasteiger partial charge in [0.05, 0.1) is 5.02 Å². The van der Waals surface area contributed by atoms with Crippen molar-refractivity contribution in [3.63, 3.8) is 0 Å². The number of hydrogen-bond donors (Lipinski definition) is 1. The van der Waals surface area contributed by atoms with E-state index in [0.717, 1.165) is 5.56 Å². The van der Waals surface area contributed by atoms with Gasteiger partial charge in [-0.2, -0.15) is 0 Å². The maximum absolute atomic E-state index is 13.2. The van der Waals surface area contributed by atoms with Crippen molar-refractivity contribution in [1.82, 2.24) is 5.32 Å². The quantitative estimate of drug-likeness (QED) is 0.714. The highest BCUT2D eigenvalue weighted by Gasteiger charge is 2.54. The molecule has 2 fully saturated rings. The van der Waals surface area contributed by atoms with Gasteiger partial charge in [-0.1, -0.05) is 53.0 Å². The number of nitrogens with one attached hydrogen (secondary N) is 1. The van der Waals surface area contributed by atoms with Crippen LogP contribution in [0, 0.1) is 0 Å². The molecule has 27 heavy (non-hydrogen) atoms. The molecule has 4 nitrogen and oxygen atoms in total. The molecule has 2 saturated heterocycles. The van der Waals surface area contributed by atoms with Crippen LogP contribution in [0.3, 0.4) is 0 Å². The first-order chi connectivity index (χ1) is 12.9. The van der Waals surface area contributed by atoms with Crippen LogP contribution in [-0.2, 0) is 14.3 Å². The summed E-state index contributed by atoms with van der Waals surface area (Å²) in [5.74, 6) is -1.57. The number of carbonyl (C=O) groups is 2. The SMILES string of the molecule is O=C1NC2(CCOCC2)C(=O)C1c1c(Cl)ccc(-c2ccc(Cl)cc2)c1Cl. The van der Waals surface area contributed by atoms with Crippen molar-refractivity contribution in [3.05, 3.63) is 57.0 Å². The Kier molecular flexibility index (Phi) is 4.93. The van der Waals surface area contributed by atoms with Gasteiger partial charge in [-0.05, 0) is 23.8 Å². The van der Waals surface area contributed by atoms with Crippen molar-refractivity contribution in [2.24, 2.45) is 0 Å². The van der Waals surface area contributed by atoms with Crippen LogP contribution < -0.4 is 5.32 Å². The van der Waals surface area contributed by atoms with E-state index in [1.54, 1.807) is 24.3 Å². The van der Waals surface area contributed by atoms with Crippen LogP contribution in [0.2, 0.25) is 15.1 Å². The lowest BCUT2D eigenvalue weighted by Crippen LogP contribution is -2.50. The van der Waals surface area contributed by atoms with Crippen LogP contribution in [0.25, 0.3) is 11.1 Å². The summed E-state index contributed by atoms with van der Waals surface area (Å²) >= 11 is 19.0. The second kappa shape index (κ2) is 7.10. The standard InChI is InChI=1S/C20H16Cl3NO3/c21-12-3-1-11(2-4-12)13-5-6-14(22)15(17(13)23)16-18(25)20(24-19(16)26)7-9-27-10-8-20/h1-6,16H,7-10H2,(H,24,26). The molecule has 0 bridgehead atoms. The van der Waals surface area contributed by atoms with Crippen LogP contribution in [0.5, 0.6) is 0 Å². The number of Topliss-reactive ketones (excluding diaryl/α,β-unsaturated/α-hetero) is 1. The van der Waals surface area contributed by atoms with E-state index < -0.39 is 11.5 Å². The molecule has 0 aromatic heterocycles. The normalized spacial score (nSPS) is 21.5. The predicted octanol–water partition coefficient (Wildman–Crippen LogP) is 4.65. The summed E-state index contributed by atoms with van der Waals surface area (Å²) in [5, 5.41) is 4.10. The third kappa shape index (κ3) is 3.15. The minimum absolute atomic E-state index is 0.187. The lowest BCUT2D eigenvalue weighted by atomic mass is 9.81. The molecule has 0 saturated carbocycles. The van der Waals surface area contributed by atoms with Gasteiger partial charge in [0.2, 0.25) is 5.91 Å². The summed E-state index contributed by atoms with van der Waals surface area (Å²) in [6, 6.07) is 10.6. The van der Waals surface area contributed by atoms with Crippen LogP contribution in [-0.4, -0.2) is 30.4 Å². The van der Waals surface area contributed by atoms with Crippen molar-refractivity contribution >= 4 is 46.5 Å². The summed E-state index contributed by atoms with van der Waals surface area (Å²) in [6.07, 6.45) is 0.917. The molecule has 2 aromatic carbocycles. The molecular formula is C20H16Cl3NO3.